The number of hydrogen-bond donors (Lipinski definition) is 0. The van der Waals surface area contributed by atoms with E-state index in [1.807, 2.05) is 6.07 Å². The van der Waals surface area contributed by atoms with Gasteiger partial charge in [0, 0.05) is 0 Å². The van der Waals surface area contributed by atoms with Gasteiger partial charge in [-0.05, 0) is 0 Å². The van der Waals surface area contributed by atoms with E-state index >= 15 is 0 Å². The van der Waals surface area contributed by atoms with Crippen molar-refractivity contribution in [2.24, 2.45) is 0 Å². The molecule has 6 rings (SSSR count). The monoisotopic (exact) mass is 820 g/mol. The van der Waals surface area contributed by atoms with Crippen LogP contribution in [0.5, 0.6) is 17.2 Å². The van der Waals surface area contributed by atoms with Crippen molar-refractivity contribution in [2.75, 3.05) is 0 Å². The number of aryl methyl sites for hydroxylation is 2. The molecule has 0 fully saturated rings. The Morgan fingerprint density at radius 3 is 1.41 bits per heavy atom. The van der Waals surface area contributed by atoms with Gasteiger partial charge in [-0.25, -0.2) is 0 Å². The van der Waals surface area contributed by atoms with Gasteiger partial charge in [-0.3, -0.25) is 0 Å². The average Bonchev–Trinajstić information content (AvgIpc) is 3.18. The number of hydrogen-bond acceptors (Lipinski definition) is 3. The summed E-state index contributed by atoms with van der Waals surface area (Å²) in [6.45, 7) is 19.1. The second-order valence-electron chi connectivity index (χ2n) is 15.1. The van der Waals surface area contributed by atoms with Crippen LogP contribution in [0.25, 0.3) is 11.1 Å². The third-order valence-electron chi connectivity index (χ3n) is 9.52. The Balaban J connectivity index is 1.65. The Morgan fingerprint density at radius 1 is 0.612 bits per heavy atom. The van der Waals surface area contributed by atoms with Gasteiger partial charge in [0.05, 0.1) is 0 Å². The Morgan fingerprint density at radius 2 is 1.00 bits per heavy atom. The van der Waals surface area contributed by atoms with Crippen LogP contribution in [0, 0.1) is 27.7 Å². The van der Waals surface area contributed by atoms with Gasteiger partial charge in [0.2, 0.25) is 0 Å². The van der Waals surface area contributed by atoms with Crippen LogP contribution >= 0.6 is 12.1 Å². The molecule has 5 aromatic carbocycles. The molecule has 0 atom stereocenters. The van der Waals surface area contributed by atoms with Crippen LogP contribution in [0.2, 0.25) is 0 Å². The van der Waals surface area contributed by atoms with Crippen LogP contribution in [0.4, 0.5) is 0 Å². The van der Waals surface area contributed by atoms with Crippen molar-refractivity contribution < 1.29 is 13.6 Å². The summed E-state index contributed by atoms with van der Waals surface area (Å²) < 4.78 is 21.8. The second kappa shape index (κ2) is 13.2. The van der Waals surface area contributed by atoms with E-state index in [2.05, 4.69) is 191 Å². The van der Waals surface area contributed by atoms with E-state index in [4.69, 9.17) is 13.6 Å². The molecule has 0 amide bonds. The standard InChI is InChI=1S/C42H46O3P2Se2/c1-27-25-33(41(5,6)7)39-37(29(27)3)38-30(4)28(2)26-34(42(8,9)10)40(38)45-47(49,44-39)43-35-23-17-18-24-36(35)46(48,31-19-13-11-14-20-31)32-21-15-12-16-22-32/h11-26H,1-10H3. The summed E-state index contributed by atoms with van der Waals surface area (Å²) in [5, 5.41) is 3.54. The van der Waals surface area contributed by atoms with Gasteiger partial charge < -0.3 is 0 Å². The molecule has 0 radical (unpaired) electrons. The summed E-state index contributed by atoms with van der Waals surface area (Å²) in [6, 6.07) is 34.4. The first-order valence-electron chi connectivity index (χ1n) is 16.7. The van der Waals surface area contributed by atoms with Crippen molar-refractivity contribution >= 4 is 58.7 Å². The van der Waals surface area contributed by atoms with Gasteiger partial charge in [-0.2, -0.15) is 0 Å². The Hall–Kier alpha value is -2.60. The predicted molar refractivity (Wildman–Crippen MR) is 214 cm³/mol. The molecular weight excluding hydrogens is 772 g/mol. The molecule has 1 aliphatic heterocycles. The Bertz CT molecular complexity index is 1970. The van der Waals surface area contributed by atoms with E-state index in [1.165, 1.54) is 32.9 Å². The molecule has 7 heteroatoms. The predicted octanol–water partition coefficient (Wildman–Crippen LogP) is 10.3. The summed E-state index contributed by atoms with van der Waals surface area (Å²) >= 11 is 7.10. The topological polar surface area (TPSA) is 27.7 Å². The van der Waals surface area contributed by atoms with E-state index in [9.17, 15) is 0 Å². The molecule has 0 bridgehead atoms. The summed E-state index contributed by atoms with van der Waals surface area (Å²) in [4.78, 5) is 0. The van der Waals surface area contributed by atoms with Crippen LogP contribution in [0.3, 0.4) is 0 Å². The molecule has 0 unspecified atom stereocenters. The van der Waals surface area contributed by atoms with Crippen molar-refractivity contribution in [1.82, 2.24) is 0 Å². The number of para-hydroxylation sites is 1. The van der Waals surface area contributed by atoms with E-state index in [-0.39, 0.29) is 10.8 Å². The molecule has 1 aliphatic rings. The molecule has 254 valence electrons. The van der Waals surface area contributed by atoms with Crippen LogP contribution in [-0.4, -0.2) is 30.7 Å². The van der Waals surface area contributed by atoms with Crippen molar-refractivity contribution in [1.29, 1.82) is 0 Å². The van der Waals surface area contributed by atoms with Gasteiger partial charge >= 0.3 is 311 Å². The number of rotatable bonds is 5. The summed E-state index contributed by atoms with van der Waals surface area (Å²) in [7, 11) is 0. The van der Waals surface area contributed by atoms with E-state index < -0.39 is 12.1 Å². The maximum absolute atomic E-state index is 7.28. The maximum atomic E-state index is 7.28. The molecule has 0 saturated carbocycles. The third-order valence-corrected chi connectivity index (χ3v) is 19.2. The average molecular weight is 819 g/mol. The summed E-state index contributed by atoms with van der Waals surface area (Å²) in [6.07, 6.45) is 0. The number of fused-ring (bicyclic) bond motifs is 3. The Kier molecular flexibility index (Phi) is 9.74. The molecule has 49 heavy (non-hydrogen) atoms. The van der Waals surface area contributed by atoms with Crippen LogP contribution < -0.4 is 29.5 Å². The van der Waals surface area contributed by atoms with Crippen molar-refractivity contribution in [2.45, 2.75) is 80.1 Å². The molecule has 1 heterocycles. The molecule has 0 aromatic heterocycles. The van der Waals surface area contributed by atoms with Gasteiger partial charge in [-0.1, -0.05) is 0 Å². The van der Waals surface area contributed by atoms with Crippen molar-refractivity contribution in [3.8, 4) is 28.4 Å². The van der Waals surface area contributed by atoms with E-state index in [1.54, 1.807) is 0 Å². The Labute approximate surface area is 309 Å². The third kappa shape index (κ3) is 6.65. The van der Waals surface area contributed by atoms with Crippen molar-refractivity contribution in [3.63, 3.8) is 0 Å². The number of benzene rings is 5. The second-order valence-corrected chi connectivity index (χ2v) is 25.5. The molecular formula is C42H46O3P2Se2. The van der Waals surface area contributed by atoms with Gasteiger partial charge in [0.15, 0.2) is 0 Å². The fourth-order valence-corrected chi connectivity index (χ4v) is 14.7. The zero-order chi connectivity index (χ0) is 35.5. The molecule has 3 nitrogen and oxygen atoms in total. The minimum atomic E-state index is -3.26. The minimum absolute atomic E-state index is 0.194. The first-order valence-corrected chi connectivity index (χ1v) is 24.5. The first kappa shape index (κ1) is 36.2. The van der Waals surface area contributed by atoms with E-state index in [0.29, 0.717) is 0 Å². The van der Waals surface area contributed by atoms with Gasteiger partial charge in [0.1, 0.15) is 0 Å². The molecule has 0 aliphatic carbocycles. The van der Waals surface area contributed by atoms with Crippen LogP contribution in [0.15, 0.2) is 97.1 Å². The van der Waals surface area contributed by atoms with E-state index in [0.717, 1.165) is 44.8 Å². The summed E-state index contributed by atoms with van der Waals surface area (Å²) in [5.41, 5.74) is 6.66. The fourth-order valence-electron chi connectivity index (χ4n) is 6.59. The van der Waals surface area contributed by atoms with Gasteiger partial charge in [-0.15, -0.1) is 0 Å². The van der Waals surface area contributed by atoms with Crippen LogP contribution in [-0.2, 0) is 10.8 Å². The SMILES string of the molecule is Cc1cc(C(C)(C)C)c2c(c1C)-c1c(C)c(C)cc(C(C)(C)C)c1O[P+]([Se-])(Oc1ccccc1P(=[Se])(c1ccccc1)c1ccccc1)O2. The van der Waals surface area contributed by atoms with Crippen LogP contribution in [0.1, 0.15) is 74.9 Å². The zero-order valence-corrected chi connectivity index (χ0v) is 35.4. The molecule has 0 saturated heterocycles. The molecule has 5 aromatic rings. The molecule has 0 spiro atoms. The normalized spacial score (nSPS) is 14.2. The van der Waals surface area contributed by atoms with Gasteiger partial charge in [0.25, 0.3) is 0 Å². The summed E-state index contributed by atoms with van der Waals surface area (Å²) in [5.74, 6) is 2.41. The zero-order valence-electron chi connectivity index (χ0n) is 30.2. The quantitative estimate of drug-likeness (QED) is 0.131. The molecule has 0 N–H and O–H groups in total. The van der Waals surface area contributed by atoms with Crippen molar-refractivity contribution in [3.05, 3.63) is 130 Å². The fraction of sp³-hybridized carbons (Fsp3) is 0.286. The first-order chi connectivity index (χ1) is 23.0.